The van der Waals surface area contributed by atoms with Gasteiger partial charge in [-0.15, -0.1) is 0 Å². The molecular formula is C22H22F3N7O. The van der Waals surface area contributed by atoms with E-state index in [1.165, 1.54) is 6.20 Å². The normalized spacial score (nSPS) is 20.4. The Hall–Kier alpha value is -3.63. The summed E-state index contributed by atoms with van der Waals surface area (Å²) in [4.78, 5) is 33.8. The number of rotatable bonds is 6. The second-order valence-corrected chi connectivity index (χ2v) is 8.14. The third-order valence-corrected chi connectivity index (χ3v) is 5.60. The number of anilines is 1. The first-order chi connectivity index (χ1) is 15.7. The molecule has 0 bridgehead atoms. The molecule has 1 aliphatic rings. The van der Waals surface area contributed by atoms with Crippen LogP contribution in [0.5, 0.6) is 0 Å². The Kier molecular flexibility index (Phi) is 6.21. The maximum Gasteiger partial charge on any atom is 0.393 e. The zero-order chi connectivity index (χ0) is 23.5. The highest BCUT2D eigenvalue weighted by Crippen LogP contribution is 2.33. The molecule has 8 nitrogen and oxygen atoms in total. The number of aromatic nitrogens is 5. The summed E-state index contributed by atoms with van der Waals surface area (Å²) in [6.07, 6.45) is 3.92. The van der Waals surface area contributed by atoms with Crippen molar-refractivity contribution in [3.63, 3.8) is 0 Å². The topological polar surface area (TPSA) is 106 Å². The summed E-state index contributed by atoms with van der Waals surface area (Å²) >= 11 is 0. The monoisotopic (exact) mass is 457 g/mol. The van der Waals surface area contributed by atoms with Crippen molar-refractivity contribution in [1.29, 1.82) is 0 Å². The van der Waals surface area contributed by atoms with Gasteiger partial charge >= 0.3 is 6.18 Å². The molecule has 0 aliphatic heterocycles. The van der Waals surface area contributed by atoms with Crippen LogP contribution in [0.4, 0.5) is 19.1 Å². The third kappa shape index (κ3) is 5.41. The van der Waals surface area contributed by atoms with E-state index in [2.05, 4.69) is 35.6 Å². The highest BCUT2D eigenvalue weighted by molar-refractivity contribution is 5.98. The van der Waals surface area contributed by atoms with E-state index in [4.69, 9.17) is 0 Å². The summed E-state index contributed by atoms with van der Waals surface area (Å²) in [5.74, 6) is 0.246. The van der Waals surface area contributed by atoms with Gasteiger partial charge in [0.05, 0.1) is 23.6 Å². The van der Waals surface area contributed by atoms with Gasteiger partial charge in [0.2, 0.25) is 5.95 Å². The minimum Gasteiger partial charge on any atom is -0.347 e. The zero-order valence-corrected chi connectivity index (χ0v) is 17.8. The summed E-state index contributed by atoms with van der Waals surface area (Å²) in [7, 11) is 0. The predicted octanol–water partition coefficient (Wildman–Crippen LogP) is 3.59. The number of hydrogen-bond acceptors (Lipinski definition) is 7. The first-order valence-electron chi connectivity index (χ1n) is 10.4. The van der Waals surface area contributed by atoms with Crippen molar-refractivity contribution in [3.05, 3.63) is 60.4 Å². The van der Waals surface area contributed by atoms with Crippen LogP contribution in [0, 0.1) is 0 Å². The van der Waals surface area contributed by atoms with Gasteiger partial charge in [-0.1, -0.05) is 0 Å². The molecule has 0 radical (unpaired) electrons. The Morgan fingerprint density at radius 2 is 1.79 bits per heavy atom. The lowest BCUT2D eigenvalue weighted by Gasteiger charge is -2.33. The molecule has 0 aromatic carbocycles. The van der Waals surface area contributed by atoms with Crippen molar-refractivity contribution in [2.45, 2.75) is 50.4 Å². The molecule has 0 saturated heterocycles. The van der Waals surface area contributed by atoms with Crippen LogP contribution in [-0.2, 0) is 6.42 Å². The molecule has 2 unspecified atom stereocenters. The van der Waals surface area contributed by atoms with Gasteiger partial charge in [-0.25, -0.2) is 19.9 Å². The van der Waals surface area contributed by atoms with Crippen LogP contribution < -0.4 is 10.6 Å². The maximum atomic E-state index is 13.1. The van der Waals surface area contributed by atoms with Crippen LogP contribution in [0.25, 0.3) is 11.4 Å². The fourth-order valence-corrected chi connectivity index (χ4v) is 3.98. The summed E-state index contributed by atoms with van der Waals surface area (Å²) in [5, 5.41) is 6.23. The number of hydrogen-bond donors (Lipinski definition) is 2. The van der Waals surface area contributed by atoms with E-state index in [1.807, 2.05) is 6.92 Å². The molecule has 1 fully saturated rings. The van der Waals surface area contributed by atoms with E-state index in [0.717, 1.165) is 25.2 Å². The first kappa shape index (κ1) is 22.6. The Morgan fingerprint density at radius 1 is 1.09 bits per heavy atom. The highest BCUT2D eigenvalue weighted by atomic mass is 19.4. The Bertz CT molecular complexity index is 1110. The van der Waals surface area contributed by atoms with Gasteiger partial charge in [0, 0.05) is 31.0 Å². The minimum atomic E-state index is -4.32. The summed E-state index contributed by atoms with van der Waals surface area (Å²) < 4.78 is 37.7. The molecule has 33 heavy (non-hydrogen) atoms. The average Bonchev–Trinajstić information content (AvgIpc) is 3.14. The SMILES string of the molecule is CC1(Nc2ncc(CC(F)(F)F)cn2)CCCC1NC(=O)c1ncccc1-c1ncccn1. The molecule has 172 valence electrons. The minimum absolute atomic E-state index is 0.0136. The molecule has 11 heteroatoms. The molecule has 1 saturated carbocycles. The number of amides is 1. The lowest BCUT2D eigenvalue weighted by Crippen LogP contribution is -2.52. The average molecular weight is 457 g/mol. The number of halogens is 3. The van der Waals surface area contributed by atoms with Crippen LogP contribution in [0.3, 0.4) is 0 Å². The quantitative estimate of drug-likeness (QED) is 0.583. The molecule has 3 aromatic heterocycles. The van der Waals surface area contributed by atoms with Crippen LogP contribution in [0.1, 0.15) is 42.2 Å². The maximum absolute atomic E-state index is 13.1. The van der Waals surface area contributed by atoms with E-state index >= 15 is 0 Å². The van der Waals surface area contributed by atoms with E-state index in [1.54, 1.807) is 30.6 Å². The van der Waals surface area contributed by atoms with Crippen LogP contribution in [-0.4, -0.2) is 48.6 Å². The van der Waals surface area contributed by atoms with E-state index in [-0.39, 0.29) is 29.2 Å². The summed E-state index contributed by atoms with van der Waals surface area (Å²) in [6, 6.07) is 4.87. The van der Waals surface area contributed by atoms with Crippen molar-refractivity contribution >= 4 is 11.9 Å². The fourth-order valence-electron chi connectivity index (χ4n) is 3.98. The molecule has 2 atom stereocenters. The summed E-state index contributed by atoms with van der Waals surface area (Å²) in [6.45, 7) is 1.93. The van der Waals surface area contributed by atoms with Crippen LogP contribution >= 0.6 is 0 Å². The molecule has 1 aliphatic carbocycles. The number of carbonyl (C=O) groups excluding carboxylic acids is 1. The number of carbonyl (C=O) groups is 1. The predicted molar refractivity (Wildman–Crippen MR) is 114 cm³/mol. The first-order valence-corrected chi connectivity index (χ1v) is 10.4. The van der Waals surface area contributed by atoms with Crippen molar-refractivity contribution < 1.29 is 18.0 Å². The highest BCUT2D eigenvalue weighted by Gasteiger charge is 2.41. The number of alkyl halides is 3. The molecule has 0 spiro atoms. The van der Waals surface area contributed by atoms with Gasteiger partial charge in [0.15, 0.2) is 5.82 Å². The lowest BCUT2D eigenvalue weighted by molar-refractivity contribution is -0.127. The van der Waals surface area contributed by atoms with Crippen molar-refractivity contribution in [1.82, 2.24) is 30.2 Å². The van der Waals surface area contributed by atoms with Gasteiger partial charge in [-0.2, -0.15) is 13.2 Å². The smallest absolute Gasteiger partial charge is 0.347 e. The standard InChI is InChI=1S/C22H22F3N7O/c1-21(32-20-29-12-14(13-30-20)11-22(23,24)25)7-2-6-16(21)31-19(33)17-15(5-3-8-26-17)18-27-9-4-10-28-18/h3-5,8-10,12-13,16H,2,6-7,11H2,1H3,(H,31,33)(H,29,30,32). The third-order valence-electron chi connectivity index (χ3n) is 5.60. The van der Waals surface area contributed by atoms with E-state index < -0.39 is 18.1 Å². The van der Waals surface area contributed by atoms with Crippen LogP contribution in [0.2, 0.25) is 0 Å². The van der Waals surface area contributed by atoms with Gasteiger partial charge < -0.3 is 10.6 Å². The van der Waals surface area contributed by atoms with Gasteiger partial charge in [0.1, 0.15) is 5.69 Å². The number of nitrogens with one attached hydrogen (secondary N) is 2. The Morgan fingerprint density at radius 3 is 2.48 bits per heavy atom. The second-order valence-electron chi connectivity index (χ2n) is 8.14. The number of pyridine rings is 1. The number of nitrogens with zero attached hydrogens (tertiary/aromatic N) is 5. The molecule has 2 N–H and O–H groups in total. The van der Waals surface area contributed by atoms with Crippen molar-refractivity contribution in [2.75, 3.05) is 5.32 Å². The summed E-state index contributed by atoms with van der Waals surface area (Å²) in [5.41, 5.74) is 0.136. The largest absolute Gasteiger partial charge is 0.393 e. The molecular weight excluding hydrogens is 435 g/mol. The van der Waals surface area contributed by atoms with Gasteiger partial charge in [-0.3, -0.25) is 9.78 Å². The second kappa shape index (κ2) is 9.08. The van der Waals surface area contributed by atoms with Crippen molar-refractivity contribution in [3.8, 4) is 11.4 Å². The Labute approximate surface area is 188 Å². The molecule has 4 rings (SSSR count). The Balaban J connectivity index is 1.48. The molecule has 3 aromatic rings. The zero-order valence-electron chi connectivity index (χ0n) is 17.8. The van der Waals surface area contributed by atoms with Gasteiger partial charge in [-0.05, 0) is 49.9 Å². The molecule has 1 amide bonds. The van der Waals surface area contributed by atoms with E-state index in [0.29, 0.717) is 17.8 Å². The fraction of sp³-hybridized carbons (Fsp3) is 0.364. The van der Waals surface area contributed by atoms with E-state index in [9.17, 15) is 18.0 Å². The van der Waals surface area contributed by atoms with Gasteiger partial charge in [0.25, 0.3) is 5.91 Å². The molecule has 3 heterocycles. The van der Waals surface area contributed by atoms with Crippen LogP contribution in [0.15, 0.2) is 49.2 Å². The van der Waals surface area contributed by atoms with Crippen molar-refractivity contribution in [2.24, 2.45) is 0 Å². The lowest BCUT2D eigenvalue weighted by atomic mass is 9.95.